The predicted molar refractivity (Wildman–Crippen MR) is 79.5 cm³/mol. The number of carbonyl (C=O) groups is 2. The SMILES string of the molecule is COCCNC(=O)COC(=O)c1cc(S(N)(=O)=O)ccc1OC. The summed E-state index contributed by atoms with van der Waals surface area (Å²) in [6.45, 7) is 0.0757. The van der Waals surface area contributed by atoms with Gasteiger partial charge in [-0.3, -0.25) is 4.79 Å². The van der Waals surface area contributed by atoms with Crippen molar-refractivity contribution in [1.29, 1.82) is 0 Å². The highest BCUT2D eigenvalue weighted by Crippen LogP contribution is 2.22. The Bertz CT molecular complexity index is 673. The monoisotopic (exact) mass is 346 g/mol. The quantitative estimate of drug-likeness (QED) is 0.468. The average Bonchev–Trinajstić information content (AvgIpc) is 2.51. The second-order valence-corrected chi connectivity index (χ2v) is 5.89. The number of esters is 1. The van der Waals surface area contributed by atoms with Gasteiger partial charge >= 0.3 is 5.97 Å². The van der Waals surface area contributed by atoms with E-state index in [9.17, 15) is 18.0 Å². The van der Waals surface area contributed by atoms with E-state index in [0.29, 0.717) is 6.61 Å². The highest BCUT2D eigenvalue weighted by Gasteiger charge is 2.19. The molecule has 0 aliphatic carbocycles. The molecule has 23 heavy (non-hydrogen) atoms. The molecule has 1 aromatic rings. The van der Waals surface area contributed by atoms with Gasteiger partial charge in [-0.05, 0) is 18.2 Å². The Labute approximate surface area is 133 Å². The molecule has 1 aromatic carbocycles. The molecule has 0 unspecified atom stereocenters. The molecule has 0 spiro atoms. The van der Waals surface area contributed by atoms with Crippen molar-refractivity contribution in [3.8, 4) is 5.75 Å². The van der Waals surface area contributed by atoms with E-state index in [1.165, 1.54) is 26.4 Å². The normalized spacial score (nSPS) is 10.9. The van der Waals surface area contributed by atoms with Crippen LogP contribution in [0.15, 0.2) is 23.1 Å². The fraction of sp³-hybridized carbons (Fsp3) is 0.385. The van der Waals surface area contributed by atoms with E-state index in [2.05, 4.69) is 5.32 Å². The summed E-state index contributed by atoms with van der Waals surface area (Å²) in [5.41, 5.74) is -0.149. The van der Waals surface area contributed by atoms with Gasteiger partial charge in [-0.15, -0.1) is 0 Å². The van der Waals surface area contributed by atoms with Gasteiger partial charge in [0.25, 0.3) is 5.91 Å². The first-order chi connectivity index (χ1) is 10.8. The van der Waals surface area contributed by atoms with E-state index in [1.54, 1.807) is 0 Å². The Morgan fingerprint density at radius 3 is 2.52 bits per heavy atom. The maximum atomic E-state index is 12.0. The number of hydrogen-bond donors (Lipinski definition) is 2. The summed E-state index contributed by atoms with van der Waals surface area (Å²) < 4.78 is 37.2. The number of carbonyl (C=O) groups excluding carboxylic acids is 2. The number of primary sulfonamides is 1. The molecule has 10 heteroatoms. The van der Waals surface area contributed by atoms with E-state index < -0.39 is 28.5 Å². The zero-order valence-electron chi connectivity index (χ0n) is 12.7. The summed E-state index contributed by atoms with van der Waals surface area (Å²) in [6.07, 6.45) is 0. The van der Waals surface area contributed by atoms with Crippen molar-refractivity contribution in [3.63, 3.8) is 0 Å². The number of ether oxygens (including phenoxy) is 3. The van der Waals surface area contributed by atoms with Crippen LogP contribution in [0.1, 0.15) is 10.4 Å². The van der Waals surface area contributed by atoms with Crippen molar-refractivity contribution in [2.24, 2.45) is 5.14 Å². The topological polar surface area (TPSA) is 134 Å². The minimum Gasteiger partial charge on any atom is -0.496 e. The number of benzene rings is 1. The molecule has 0 saturated carbocycles. The molecule has 128 valence electrons. The van der Waals surface area contributed by atoms with Crippen LogP contribution >= 0.6 is 0 Å². The molecule has 0 heterocycles. The zero-order chi connectivity index (χ0) is 17.5. The van der Waals surface area contributed by atoms with Gasteiger partial charge in [0.2, 0.25) is 10.0 Å². The molecule has 0 radical (unpaired) electrons. The van der Waals surface area contributed by atoms with Gasteiger partial charge in [0.05, 0.1) is 18.6 Å². The molecule has 0 saturated heterocycles. The van der Waals surface area contributed by atoms with Gasteiger partial charge in [-0.25, -0.2) is 18.4 Å². The Balaban J connectivity index is 2.80. The maximum Gasteiger partial charge on any atom is 0.342 e. The van der Waals surface area contributed by atoms with Crippen LogP contribution in [0, 0.1) is 0 Å². The summed E-state index contributed by atoms with van der Waals surface area (Å²) >= 11 is 0. The molecule has 0 fully saturated rings. The van der Waals surface area contributed by atoms with Crippen LogP contribution in [0.25, 0.3) is 0 Å². The maximum absolute atomic E-state index is 12.0. The first kappa shape index (κ1) is 18.9. The third kappa shape index (κ3) is 5.85. The lowest BCUT2D eigenvalue weighted by molar-refractivity contribution is -0.124. The third-order valence-electron chi connectivity index (χ3n) is 2.68. The number of methoxy groups -OCH3 is 2. The van der Waals surface area contributed by atoms with Crippen molar-refractivity contribution in [2.45, 2.75) is 4.90 Å². The summed E-state index contributed by atoms with van der Waals surface area (Å²) in [4.78, 5) is 23.2. The van der Waals surface area contributed by atoms with Gasteiger partial charge in [-0.1, -0.05) is 0 Å². The first-order valence-corrected chi connectivity index (χ1v) is 7.97. The summed E-state index contributed by atoms with van der Waals surface area (Å²) in [7, 11) is -1.20. The van der Waals surface area contributed by atoms with Crippen molar-refractivity contribution in [2.75, 3.05) is 34.0 Å². The largest absolute Gasteiger partial charge is 0.496 e. The van der Waals surface area contributed by atoms with Crippen LogP contribution in [-0.4, -0.2) is 54.3 Å². The van der Waals surface area contributed by atoms with Crippen LogP contribution < -0.4 is 15.2 Å². The average molecular weight is 346 g/mol. The van der Waals surface area contributed by atoms with Crippen LogP contribution in [-0.2, 0) is 24.3 Å². The van der Waals surface area contributed by atoms with Crippen LogP contribution in [0.4, 0.5) is 0 Å². The molecular weight excluding hydrogens is 328 g/mol. The van der Waals surface area contributed by atoms with Crippen LogP contribution in [0.5, 0.6) is 5.75 Å². The molecule has 0 atom stereocenters. The Hall–Kier alpha value is -2.17. The number of rotatable bonds is 8. The van der Waals surface area contributed by atoms with E-state index in [-0.39, 0.29) is 22.8 Å². The molecule has 3 N–H and O–H groups in total. The van der Waals surface area contributed by atoms with E-state index >= 15 is 0 Å². The number of nitrogens with two attached hydrogens (primary N) is 1. The van der Waals surface area contributed by atoms with Gasteiger partial charge < -0.3 is 19.5 Å². The van der Waals surface area contributed by atoms with Crippen LogP contribution in [0.2, 0.25) is 0 Å². The van der Waals surface area contributed by atoms with E-state index in [1.807, 2.05) is 0 Å². The number of hydrogen-bond acceptors (Lipinski definition) is 7. The van der Waals surface area contributed by atoms with Gasteiger partial charge in [0.15, 0.2) is 6.61 Å². The van der Waals surface area contributed by atoms with Gasteiger partial charge in [-0.2, -0.15) is 0 Å². The lowest BCUT2D eigenvalue weighted by atomic mass is 10.2. The lowest BCUT2D eigenvalue weighted by Gasteiger charge is -2.10. The van der Waals surface area contributed by atoms with Gasteiger partial charge in [0.1, 0.15) is 11.3 Å². The summed E-state index contributed by atoms with van der Waals surface area (Å²) in [5.74, 6) is -1.33. The molecule has 0 aliphatic heterocycles. The number of nitrogens with one attached hydrogen (secondary N) is 1. The zero-order valence-corrected chi connectivity index (χ0v) is 13.5. The minimum atomic E-state index is -3.99. The fourth-order valence-electron chi connectivity index (χ4n) is 1.58. The summed E-state index contributed by atoms with van der Waals surface area (Å²) in [5, 5.41) is 7.48. The fourth-order valence-corrected chi connectivity index (χ4v) is 2.12. The highest BCUT2D eigenvalue weighted by molar-refractivity contribution is 7.89. The van der Waals surface area contributed by atoms with Crippen molar-refractivity contribution >= 4 is 21.9 Å². The first-order valence-electron chi connectivity index (χ1n) is 6.43. The molecule has 0 aliphatic rings. The Morgan fingerprint density at radius 1 is 1.26 bits per heavy atom. The molecule has 1 rings (SSSR count). The minimum absolute atomic E-state index is 0.0993. The molecule has 0 bridgehead atoms. The standard InChI is InChI=1S/C13H18N2O7S/c1-20-6-5-15-12(16)8-22-13(17)10-7-9(23(14,18)19)3-4-11(10)21-2/h3-4,7H,5-6,8H2,1-2H3,(H,15,16)(H2,14,18,19). The van der Waals surface area contributed by atoms with E-state index in [0.717, 1.165) is 6.07 Å². The Morgan fingerprint density at radius 2 is 1.96 bits per heavy atom. The lowest BCUT2D eigenvalue weighted by Crippen LogP contribution is -2.31. The van der Waals surface area contributed by atoms with Crippen molar-refractivity contribution < 1.29 is 32.2 Å². The number of sulfonamides is 1. The van der Waals surface area contributed by atoms with Gasteiger partial charge in [0, 0.05) is 13.7 Å². The second kappa shape index (κ2) is 8.46. The highest BCUT2D eigenvalue weighted by atomic mass is 32.2. The predicted octanol–water partition coefficient (Wildman–Crippen LogP) is -0.738. The molecule has 1 amide bonds. The Kier molecular flexibility index (Phi) is 6.94. The number of amides is 1. The smallest absolute Gasteiger partial charge is 0.342 e. The third-order valence-corrected chi connectivity index (χ3v) is 3.59. The molecule has 0 aromatic heterocycles. The van der Waals surface area contributed by atoms with Crippen molar-refractivity contribution in [1.82, 2.24) is 5.32 Å². The van der Waals surface area contributed by atoms with Crippen molar-refractivity contribution in [3.05, 3.63) is 23.8 Å². The second-order valence-electron chi connectivity index (χ2n) is 4.33. The van der Waals surface area contributed by atoms with E-state index in [4.69, 9.17) is 19.3 Å². The molecule has 9 nitrogen and oxygen atoms in total. The van der Waals surface area contributed by atoms with Crippen LogP contribution in [0.3, 0.4) is 0 Å². The summed E-state index contributed by atoms with van der Waals surface area (Å²) in [6, 6.07) is 3.50. The molecular formula is C13H18N2O7S.